The molecule has 0 bridgehead atoms. The summed E-state index contributed by atoms with van der Waals surface area (Å²) in [7, 11) is 0. The van der Waals surface area contributed by atoms with Crippen LogP contribution in [-0.2, 0) is 13.0 Å². The molecule has 7 heteroatoms. The third-order valence-corrected chi connectivity index (χ3v) is 5.43. The summed E-state index contributed by atoms with van der Waals surface area (Å²) < 4.78 is 5.61. The summed E-state index contributed by atoms with van der Waals surface area (Å²) in [5.74, 6) is 1.39. The highest BCUT2D eigenvalue weighted by molar-refractivity contribution is 7.11. The van der Waals surface area contributed by atoms with Crippen LogP contribution in [0, 0.1) is 20.8 Å². The van der Waals surface area contributed by atoms with Crippen LogP contribution >= 0.6 is 11.3 Å². The van der Waals surface area contributed by atoms with Crippen molar-refractivity contribution >= 4 is 17.3 Å². The topological polar surface area (TPSA) is 75.3 Å². The number of thiazole rings is 1. The van der Waals surface area contributed by atoms with E-state index in [4.69, 9.17) is 4.42 Å². The van der Waals surface area contributed by atoms with Gasteiger partial charge in [-0.05, 0) is 39.8 Å². The Balaban J connectivity index is 1.57. The number of aromatic nitrogens is 2. The predicted molar refractivity (Wildman–Crippen MR) is 115 cm³/mol. The molecule has 0 radical (unpaired) electrons. The minimum Gasteiger partial charge on any atom is -0.444 e. The number of nitrogens with one attached hydrogen (secondary N) is 2. The third-order valence-electron chi connectivity index (χ3n) is 4.30. The van der Waals surface area contributed by atoms with Crippen LogP contribution in [0.4, 0.5) is 0 Å². The Morgan fingerprint density at radius 3 is 2.57 bits per heavy atom. The second-order valence-electron chi connectivity index (χ2n) is 6.63. The maximum atomic E-state index is 5.61. The number of nitrogens with zero attached hydrogens (tertiary/aromatic N) is 3. The number of aliphatic imine (C=N–C) groups is 1. The number of oxazole rings is 1. The maximum absolute atomic E-state index is 5.61. The third kappa shape index (κ3) is 5.42. The van der Waals surface area contributed by atoms with E-state index in [2.05, 4.69) is 65.4 Å². The zero-order chi connectivity index (χ0) is 19.9. The van der Waals surface area contributed by atoms with Gasteiger partial charge in [0.25, 0.3) is 0 Å². The molecule has 1 aromatic carbocycles. The molecule has 28 heavy (non-hydrogen) atoms. The summed E-state index contributed by atoms with van der Waals surface area (Å²) in [6, 6.07) is 8.13. The van der Waals surface area contributed by atoms with Gasteiger partial charge in [-0.2, -0.15) is 0 Å². The van der Waals surface area contributed by atoms with Crippen LogP contribution in [0.1, 0.15) is 33.8 Å². The monoisotopic (exact) mass is 397 g/mol. The number of benzene rings is 1. The second kappa shape index (κ2) is 9.50. The first-order valence-electron chi connectivity index (χ1n) is 9.51. The van der Waals surface area contributed by atoms with Crippen molar-refractivity contribution in [2.45, 2.75) is 40.7 Å². The molecule has 0 aliphatic rings. The van der Waals surface area contributed by atoms with E-state index < -0.39 is 0 Å². The zero-order valence-corrected chi connectivity index (χ0v) is 17.7. The van der Waals surface area contributed by atoms with E-state index in [9.17, 15) is 0 Å². The average molecular weight is 398 g/mol. The molecule has 0 saturated carbocycles. The molecule has 0 unspecified atom stereocenters. The molecule has 3 rings (SSSR count). The van der Waals surface area contributed by atoms with Gasteiger partial charge in [0.05, 0.1) is 17.2 Å². The highest BCUT2D eigenvalue weighted by atomic mass is 32.1. The molecule has 2 N–H and O–H groups in total. The van der Waals surface area contributed by atoms with Gasteiger partial charge in [0, 0.05) is 30.0 Å². The molecule has 2 heterocycles. The van der Waals surface area contributed by atoms with Gasteiger partial charge in [-0.25, -0.2) is 15.0 Å². The Morgan fingerprint density at radius 1 is 1.11 bits per heavy atom. The van der Waals surface area contributed by atoms with Crippen LogP contribution in [-0.4, -0.2) is 29.0 Å². The Labute approximate surface area is 170 Å². The number of hydrogen-bond donors (Lipinski definition) is 2. The Kier molecular flexibility index (Phi) is 6.81. The van der Waals surface area contributed by atoms with Crippen LogP contribution < -0.4 is 10.6 Å². The van der Waals surface area contributed by atoms with Crippen LogP contribution in [0.3, 0.4) is 0 Å². The van der Waals surface area contributed by atoms with Gasteiger partial charge in [-0.1, -0.05) is 17.7 Å². The van der Waals surface area contributed by atoms with Crippen molar-refractivity contribution in [3.8, 4) is 11.5 Å². The average Bonchev–Trinajstić information content (AvgIpc) is 3.27. The van der Waals surface area contributed by atoms with Gasteiger partial charge in [-0.15, -0.1) is 11.3 Å². The first kappa shape index (κ1) is 20.1. The lowest BCUT2D eigenvalue weighted by Gasteiger charge is -2.10. The zero-order valence-electron chi connectivity index (χ0n) is 16.9. The SMILES string of the molecule is CCNC(=NCc1coc(-c2ccc(C)cc2)n1)NCCc1nc(C)c(C)s1. The van der Waals surface area contributed by atoms with Crippen molar-refractivity contribution in [2.24, 2.45) is 4.99 Å². The van der Waals surface area contributed by atoms with Crippen molar-refractivity contribution in [3.63, 3.8) is 0 Å². The van der Waals surface area contributed by atoms with Crippen molar-refractivity contribution in [1.82, 2.24) is 20.6 Å². The van der Waals surface area contributed by atoms with Crippen LogP contribution in [0.5, 0.6) is 0 Å². The quantitative estimate of drug-likeness (QED) is 0.465. The van der Waals surface area contributed by atoms with E-state index in [-0.39, 0.29) is 0 Å². The number of rotatable bonds is 7. The fraction of sp³-hybridized carbons (Fsp3) is 0.381. The van der Waals surface area contributed by atoms with E-state index in [0.717, 1.165) is 47.4 Å². The van der Waals surface area contributed by atoms with Crippen molar-refractivity contribution in [3.05, 3.63) is 57.4 Å². The molecular weight excluding hydrogens is 370 g/mol. The molecular formula is C21H27N5OS. The molecule has 148 valence electrons. The van der Waals surface area contributed by atoms with Crippen LogP contribution in [0.15, 0.2) is 39.9 Å². The minimum atomic E-state index is 0.458. The molecule has 0 spiro atoms. The standard InChI is InChI=1S/C21H27N5OS/c1-5-22-21(23-11-10-19-25-15(3)16(4)28-19)24-12-18-13-27-20(26-18)17-8-6-14(2)7-9-17/h6-9,13H,5,10-12H2,1-4H3,(H2,22,23,24). The van der Waals surface area contributed by atoms with Gasteiger partial charge >= 0.3 is 0 Å². The fourth-order valence-corrected chi connectivity index (χ4v) is 3.58. The van der Waals surface area contributed by atoms with Gasteiger partial charge in [0.2, 0.25) is 5.89 Å². The molecule has 0 amide bonds. The first-order chi connectivity index (χ1) is 13.5. The van der Waals surface area contributed by atoms with E-state index in [0.29, 0.717) is 12.4 Å². The second-order valence-corrected chi connectivity index (χ2v) is 7.92. The van der Waals surface area contributed by atoms with Crippen LogP contribution in [0.25, 0.3) is 11.5 Å². The van der Waals surface area contributed by atoms with Crippen molar-refractivity contribution in [2.75, 3.05) is 13.1 Å². The largest absolute Gasteiger partial charge is 0.444 e. The predicted octanol–water partition coefficient (Wildman–Crippen LogP) is 4.02. The Hall–Kier alpha value is -2.67. The highest BCUT2D eigenvalue weighted by Gasteiger charge is 2.07. The summed E-state index contributed by atoms with van der Waals surface area (Å²) >= 11 is 1.76. The minimum absolute atomic E-state index is 0.458. The number of aryl methyl sites for hydroxylation is 3. The lowest BCUT2D eigenvalue weighted by Crippen LogP contribution is -2.38. The Bertz CT molecular complexity index is 907. The Morgan fingerprint density at radius 2 is 1.89 bits per heavy atom. The fourth-order valence-electron chi connectivity index (χ4n) is 2.64. The maximum Gasteiger partial charge on any atom is 0.226 e. The van der Waals surface area contributed by atoms with Gasteiger partial charge in [-0.3, -0.25) is 0 Å². The van der Waals surface area contributed by atoms with Crippen molar-refractivity contribution in [1.29, 1.82) is 0 Å². The summed E-state index contributed by atoms with van der Waals surface area (Å²) in [6.07, 6.45) is 2.55. The van der Waals surface area contributed by atoms with Gasteiger partial charge < -0.3 is 15.1 Å². The lowest BCUT2D eigenvalue weighted by molar-refractivity contribution is 0.572. The normalized spacial score (nSPS) is 11.6. The highest BCUT2D eigenvalue weighted by Crippen LogP contribution is 2.19. The summed E-state index contributed by atoms with van der Waals surface area (Å²) in [4.78, 5) is 15.0. The van der Waals surface area contributed by atoms with E-state index in [1.165, 1.54) is 10.4 Å². The van der Waals surface area contributed by atoms with Gasteiger partial charge in [0.15, 0.2) is 5.96 Å². The van der Waals surface area contributed by atoms with E-state index in [1.807, 2.05) is 12.1 Å². The molecule has 0 aliphatic heterocycles. The number of hydrogen-bond acceptors (Lipinski definition) is 5. The molecule has 0 saturated heterocycles. The molecule has 0 fully saturated rings. The summed E-state index contributed by atoms with van der Waals surface area (Å²) in [5.41, 5.74) is 4.11. The summed E-state index contributed by atoms with van der Waals surface area (Å²) in [6.45, 7) is 10.3. The molecule has 6 nitrogen and oxygen atoms in total. The summed E-state index contributed by atoms with van der Waals surface area (Å²) in [5, 5.41) is 7.77. The van der Waals surface area contributed by atoms with Crippen LogP contribution in [0.2, 0.25) is 0 Å². The van der Waals surface area contributed by atoms with Crippen molar-refractivity contribution < 1.29 is 4.42 Å². The number of guanidine groups is 1. The smallest absolute Gasteiger partial charge is 0.226 e. The lowest BCUT2D eigenvalue weighted by atomic mass is 10.1. The van der Waals surface area contributed by atoms with E-state index >= 15 is 0 Å². The molecule has 3 aromatic rings. The molecule has 0 atom stereocenters. The molecule has 0 aliphatic carbocycles. The van der Waals surface area contributed by atoms with Gasteiger partial charge in [0.1, 0.15) is 12.0 Å². The van der Waals surface area contributed by atoms with E-state index in [1.54, 1.807) is 17.6 Å². The first-order valence-corrected chi connectivity index (χ1v) is 10.3. The molecule has 2 aromatic heterocycles.